The van der Waals surface area contributed by atoms with E-state index in [-0.39, 0.29) is 11.6 Å². The van der Waals surface area contributed by atoms with E-state index in [2.05, 4.69) is 10.3 Å². The summed E-state index contributed by atoms with van der Waals surface area (Å²) in [5.41, 5.74) is 0.628. The van der Waals surface area contributed by atoms with E-state index in [9.17, 15) is 14.0 Å². The number of fused-ring (bicyclic) bond motifs is 1. The van der Waals surface area contributed by atoms with E-state index in [1.807, 2.05) is 0 Å². The molecule has 0 aliphatic rings. The number of rotatable bonds is 4. The Kier molecular flexibility index (Phi) is 3.74. The number of halogens is 1. The Bertz CT molecular complexity index is 663. The van der Waals surface area contributed by atoms with Gasteiger partial charge in [-0.2, -0.15) is 0 Å². The molecule has 0 radical (unpaired) electrons. The van der Waals surface area contributed by atoms with Crippen molar-refractivity contribution in [3.8, 4) is 0 Å². The molecule has 1 unspecified atom stereocenters. The van der Waals surface area contributed by atoms with Crippen molar-refractivity contribution in [1.29, 1.82) is 0 Å². The average Bonchev–Trinajstić information content (AvgIpc) is 2.80. The Labute approximate surface area is 114 Å². The van der Waals surface area contributed by atoms with E-state index in [4.69, 9.17) is 5.11 Å². The zero-order chi connectivity index (χ0) is 14.9. The number of aromatic nitrogens is 1. The number of carboxylic acids is 1. The Morgan fingerprint density at radius 3 is 2.60 bits per heavy atom. The molecule has 0 saturated carbocycles. The van der Waals surface area contributed by atoms with Gasteiger partial charge < -0.3 is 15.4 Å². The Hall–Kier alpha value is -2.37. The van der Waals surface area contributed by atoms with E-state index < -0.39 is 23.7 Å². The van der Waals surface area contributed by atoms with Gasteiger partial charge in [0.05, 0.1) is 0 Å². The van der Waals surface area contributed by atoms with Gasteiger partial charge in [0.25, 0.3) is 5.91 Å². The van der Waals surface area contributed by atoms with Crippen LogP contribution in [0.15, 0.2) is 24.3 Å². The van der Waals surface area contributed by atoms with Crippen LogP contribution in [-0.2, 0) is 4.79 Å². The molecule has 1 aromatic heterocycles. The first-order chi connectivity index (χ1) is 9.40. The highest BCUT2D eigenvalue weighted by atomic mass is 19.1. The summed E-state index contributed by atoms with van der Waals surface area (Å²) in [7, 11) is 0. The van der Waals surface area contributed by atoms with Crippen LogP contribution in [0.1, 0.15) is 24.3 Å². The summed E-state index contributed by atoms with van der Waals surface area (Å²) >= 11 is 0. The number of carbonyl (C=O) groups excluding carboxylic acids is 1. The van der Waals surface area contributed by atoms with Crippen LogP contribution in [-0.4, -0.2) is 28.0 Å². The van der Waals surface area contributed by atoms with E-state index in [0.717, 1.165) is 0 Å². The molecule has 1 aromatic carbocycles. The molecule has 1 atom stereocenters. The number of hydrogen-bond donors (Lipinski definition) is 3. The van der Waals surface area contributed by atoms with Crippen molar-refractivity contribution in [2.45, 2.75) is 19.9 Å². The number of benzene rings is 1. The minimum Gasteiger partial charge on any atom is -0.480 e. The summed E-state index contributed by atoms with van der Waals surface area (Å²) in [5.74, 6) is -2.36. The van der Waals surface area contributed by atoms with Crippen LogP contribution in [0.5, 0.6) is 0 Å². The summed E-state index contributed by atoms with van der Waals surface area (Å²) in [6.07, 6.45) is 0. The molecule has 3 N–H and O–H groups in total. The fourth-order valence-corrected chi connectivity index (χ4v) is 1.97. The lowest BCUT2D eigenvalue weighted by atomic mass is 10.0. The third-order valence-electron chi connectivity index (χ3n) is 3.07. The number of hydrogen-bond acceptors (Lipinski definition) is 2. The number of nitrogens with one attached hydrogen (secondary N) is 2. The van der Waals surface area contributed by atoms with Crippen LogP contribution < -0.4 is 5.32 Å². The first-order valence-electron chi connectivity index (χ1n) is 6.21. The minimum atomic E-state index is -1.10. The molecule has 0 fully saturated rings. The zero-order valence-corrected chi connectivity index (χ0v) is 11.1. The maximum absolute atomic E-state index is 13.5. The minimum absolute atomic E-state index is 0.136. The lowest BCUT2D eigenvalue weighted by Crippen LogP contribution is -2.44. The second-order valence-corrected chi connectivity index (χ2v) is 4.92. The largest absolute Gasteiger partial charge is 0.480 e. The van der Waals surface area contributed by atoms with Crippen molar-refractivity contribution in [3.63, 3.8) is 0 Å². The molecule has 5 nitrogen and oxygen atoms in total. The molecule has 106 valence electrons. The van der Waals surface area contributed by atoms with Crippen LogP contribution in [0, 0.1) is 11.7 Å². The number of amides is 1. The van der Waals surface area contributed by atoms with Crippen LogP contribution in [0.4, 0.5) is 4.39 Å². The van der Waals surface area contributed by atoms with E-state index in [1.165, 1.54) is 18.2 Å². The molecule has 0 aliphatic carbocycles. The summed E-state index contributed by atoms with van der Waals surface area (Å²) in [4.78, 5) is 25.8. The van der Waals surface area contributed by atoms with Crippen LogP contribution >= 0.6 is 0 Å². The molecule has 20 heavy (non-hydrogen) atoms. The Morgan fingerprint density at radius 1 is 1.35 bits per heavy atom. The number of aliphatic carboxylic acids is 1. The van der Waals surface area contributed by atoms with E-state index in [0.29, 0.717) is 10.9 Å². The molecule has 1 amide bonds. The molecule has 0 bridgehead atoms. The molecule has 0 spiro atoms. The number of carboxylic acid groups (broad SMARTS) is 1. The predicted octanol–water partition coefficient (Wildman–Crippen LogP) is 2.15. The molecule has 0 saturated heterocycles. The number of aromatic amines is 1. The van der Waals surface area contributed by atoms with Gasteiger partial charge in [-0.05, 0) is 24.1 Å². The highest BCUT2D eigenvalue weighted by Gasteiger charge is 2.24. The van der Waals surface area contributed by atoms with Crippen LogP contribution in [0.3, 0.4) is 0 Å². The highest BCUT2D eigenvalue weighted by molar-refractivity contribution is 5.99. The second-order valence-electron chi connectivity index (χ2n) is 4.92. The summed E-state index contributed by atoms with van der Waals surface area (Å²) in [6, 6.07) is 4.86. The van der Waals surface area contributed by atoms with E-state index in [1.54, 1.807) is 19.9 Å². The van der Waals surface area contributed by atoms with Gasteiger partial charge in [0, 0.05) is 10.9 Å². The molecular formula is C14H15FN2O3. The highest BCUT2D eigenvalue weighted by Crippen LogP contribution is 2.18. The molecule has 6 heteroatoms. The third-order valence-corrected chi connectivity index (χ3v) is 3.07. The van der Waals surface area contributed by atoms with E-state index >= 15 is 0 Å². The summed E-state index contributed by atoms with van der Waals surface area (Å²) in [6.45, 7) is 3.40. The molecular weight excluding hydrogens is 263 g/mol. The molecule has 2 aromatic rings. The summed E-state index contributed by atoms with van der Waals surface area (Å²) < 4.78 is 13.5. The Balaban J connectivity index is 2.27. The van der Waals surface area contributed by atoms with Gasteiger partial charge in [0.2, 0.25) is 0 Å². The van der Waals surface area contributed by atoms with Gasteiger partial charge in [0.1, 0.15) is 17.6 Å². The number of H-pyrrole nitrogens is 1. The average molecular weight is 278 g/mol. The van der Waals surface area contributed by atoms with Gasteiger partial charge in [-0.15, -0.1) is 0 Å². The quantitative estimate of drug-likeness (QED) is 0.801. The van der Waals surface area contributed by atoms with Crippen molar-refractivity contribution < 1.29 is 19.1 Å². The van der Waals surface area contributed by atoms with Gasteiger partial charge in [0.15, 0.2) is 0 Å². The van der Waals surface area contributed by atoms with Gasteiger partial charge in [-0.25, -0.2) is 9.18 Å². The fourth-order valence-electron chi connectivity index (χ4n) is 1.97. The molecule has 1 heterocycles. The fraction of sp³-hybridized carbons (Fsp3) is 0.286. The number of carbonyl (C=O) groups is 2. The van der Waals surface area contributed by atoms with Crippen molar-refractivity contribution in [2.24, 2.45) is 5.92 Å². The maximum atomic E-state index is 13.5. The van der Waals surface area contributed by atoms with Crippen molar-refractivity contribution in [2.75, 3.05) is 0 Å². The molecule has 0 aliphatic heterocycles. The Morgan fingerprint density at radius 2 is 2.05 bits per heavy atom. The van der Waals surface area contributed by atoms with Crippen LogP contribution in [0.2, 0.25) is 0 Å². The topological polar surface area (TPSA) is 82.2 Å². The van der Waals surface area contributed by atoms with Crippen molar-refractivity contribution >= 4 is 22.8 Å². The van der Waals surface area contributed by atoms with Gasteiger partial charge >= 0.3 is 5.97 Å². The third kappa shape index (κ3) is 2.64. The lowest BCUT2D eigenvalue weighted by Gasteiger charge is -2.17. The predicted molar refractivity (Wildman–Crippen MR) is 72.0 cm³/mol. The first kappa shape index (κ1) is 14.0. The second kappa shape index (κ2) is 5.32. The normalized spacial score (nSPS) is 12.6. The van der Waals surface area contributed by atoms with Crippen molar-refractivity contribution in [3.05, 3.63) is 35.8 Å². The van der Waals surface area contributed by atoms with Crippen molar-refractivity contribution in [1.82, 2.24) is 10.3 Å². The first-order valence-corrected chi connectivity index (χ1v) is 6.21. The monoisotopic (exact) mass is 278 g/mol. The lowest BCUT2D eigenvalue weighted by molar-refractivity contribution is -0.140. The van der Waals surface area contributed by atoms with Crippen LogP contribution in [0.25, 0.3) is 10.9 Å². The SMILES string of the molecule is CC(C)C(NC(=O)c1cc2c(F)cccc2[nH]1)C(=O)O. The summed E-state index contributed by atoms with van der Waals surface area (Å²) in [5, 5.41) is 11.8. The standard InChI is InChI=1S/C14H15FN2O3/c1-7(2)12(14(19)20)17-13(18)11-6-8-9(15)4-3-5-10(8)16-11/h3-7,12,16H,1-2H3,(H,17,18)(H,19,20). The van der Waals surface area contributed by atoms with Gasteiger partial charge in [-0.1, -0.05) is 19.9 Å². The smallest absolute Gasteiger partial charge is 0.326 e. The maximum Gasteiger partial charge on any atom is 0.326 e. The zero-order valence-electron chi connectivity index (χ0n) is 11.1. The molecule has 2 rings (SSSR count). The van der Waals surface area contributed by atoms with Gasteiger partial charge in [-0.3, -0.25) is 4.79 Å².